The third kappa shape index (κ3) is 8.83. The molecule has 0 aliphatic carbocycles. The Morgan fingerprint density at radius 2 is 1.25 bits per heavy atom. The van der Waals surface area contributed by atoms with Gasteiger partial charge in [0.05, 0.1) is 0 Å². The molecule has 0 aromatic heterocycles. The molecular weight excluding hydrogens is 440 g/mol. The van der Waals surface area contributed by atoms with Crippen LogP contribution in [0.25, 0.3) is 0 Å². The van der Waals surface area contributed by atoms with Crippen LogP contribution in [0.2, 0.25) is 0 Å². The van der Waals surface area contributed by atoms with Crippen LogP contribution in [-0.2, 0) is 33.7 Å². The van der Waals surface area contributed by atoms with Crippen LogP contribution in [0.1, 0.15) is 0 Å². The van der Waals surface area contributed by atoms with Gasteiger partial charge in [-0.15, -0.1) is 0 Å². The van der Waals surface area contributed by atoms with Crippen molar-refractivity contribution in [2.24, 2.45) is 0 Å². The van der Waals surface area contributed by atoms with E-state index in [1.807, 2.05) is 0 Å². The Hall–Kier alpha value is 2.39. The maximum absolute atomic E-state index is 2.88. The summed E-state index contributed by atoms with van der Waals surface area (Å²) in [7, 11) is 0. The first-order chi connectivity index (χ1) is 1.41. The van der Waals surface area contributed by atoms with E-state index in [0.29, 0.717) is 0 Å². The van der Waals surface area contributed by atoms with Crippen LogP contribution in [0.3, 0.4) is 0 Å². The quantitative estimate of drug-likeness (QED) is 0.435. The summed E-state index contributed by atoms with van der Waals surface area (Å²) in [6.07, 6.45) is 0. The average molecular weight is 440 g/mol. The van der Waals surface area contributed by atoms with E-state index in [0.717, 1.165) is 0 Å². The molecule has 0 aromatic rings. The molecule has 0 aliphatic heterocycles. The van der Waals surface area contributed by atoms with Crippen molar-refractivity contribution in [3.05, 3.63) is 0 Å². The molecule has 4 heavy (non-hydrogen) atoms. The van der Waals surface area contributed by atoms with Crippen molar-refractivity contribution >= 4 is 25.6 Å². The first-order valence-electron chi connectivity index (χ1n) is 0.333. The van der Waals surface area contributed by atoms with Gasteiger partial charge in [-0.05, 0) is 0 Å². The molecule has 0 rings (SSSR count). The van der Waals surface area contributed by atoms with Gasteiger partial charge in [-0.25, -0.2) is 0 Å². The van der Waals surface area contributed by atoms with Gasteiger partial charge in [-0.3, -0.25) is 0 Å². The predicted molar refractivity (Wildman–Crippen MR) is 11.5 cm³/mol. The first kappa shape index (κ1) is 9.63. The van der Waals surface area contributed by atoms with E-state index in [4.69, 9.17) is 0 Å². The van der Waals surface area contributed by atoms with E-state index in [9.17, 15) is 0 Å². The fraction of sp³-hybridized carbons (Fsp3) is 0. The van der Waals surface area contributed by atoms with E-state index in [1.165, 1.54) is 0 Å². The molecule has 0 bridgehead atoms. The molecule has 4 heteroatoms. The summed E-state index contributed by atoms with van der Waals surface area (Å²) in [6, 6.07) is 0. The summed E-state index contributed by atoms with van der Waals surface area (Å²) in [5.74, 6) is 0. The van der Waals surface area contributed by atoms with E-state index in [-0.39, 0.29) is 33.7 Å². The van der Waals surface area contributed by atoms with Crippen molar-refractivity contribution in [2.75, 3.05) is 0 Å². The molecule has 0 amide bonds. The molecule has 0 saturated carbocycles. The molecule has 1 radical (unpaired) electrons. The van der Waals surface area contributed by atoms with Crippen LogP contribution in [0, 0.1) is 0 Å². The molecular formula is MoReSe2. The molecule has 0 aliphatic rings. The number of hydrogen-bond acceptors (Lipinski definition) is 0. The van der Waals surface area contributed by atoms with E-state index < -0.39 is 0 Å². The van der Waals surface area contributed by atoms with E-state index in [1.54, 1.807) is 0 Å². The minimum absolute atomic E-state index is 0. The Kier molecular flexibility index (Phi) is 21.8. The van der Waals surface area contributed by atoms with Crippen LogP contribution in [0.4, 0.5) is 0 Å². The standard InChI is InChI=1S/Mo.Re.2Se. The number of rotatable bonds is 0. The van der Waals surface area contributed by atoms with Crippen molar-refractivity contribution in [2.45, 2.75) is 0 Å². The van der Waals surface area contributed by atoms with Crippen molar-refractivity contribution in [3.63, 3.8) is 0 Å². The Bertz CT molecular complexity index is 27.0. The summed E-state index contributed by atoms with van der Waals surface area (Å²) in [6.45, 7) is 0. The van der Waals surface area contributed by atoms with Crippen molar-refractivity contribution in [1.29, 1.82) is 0 Å². The molecule has 0 saturated heterocycles. The monoisotopic (exact) mass is 445 g/mol. The second-order valence-electron chi connectivity index (χ2n) is 0.0680. The number of hydrogen-bond donors (Lipinski definition) is 0. The SMILES string of the molecule is [Re].[Se]=[Mo]=[Se]. The van der Waals surface area contributed by atoms with Gasteiger partial charge in [0, 0.05) is 20.4 Å². The molecule has 0 heterocycles. The summed E-state index contributed by atoms with van der Waals surface area (Å²) in [5, 5.41) is 0. The van der Waals surface area contributed by atoms with Gasteiger partial charge < -0.3 is 0 Å². The molecule has 0 aromatic carbocycles. The molecule has 0 atom stereocenters. The Morgan fingerprint density at radius 1 is 1.25 bits per heavy atom. The summed E-state index contributed by atoms with van der Waals surface area (Å²) < 4.78 is 0. The van der Waals surface area contributed by atoms with Gasteiger partial charge in [0.2, 0.25) is 0 Å². The van der Waals surface area contributed by atoms with Gasteiger partial charge in [-0.1, -0.05) is 0 Å². The summed E-state index contributed by atoms with van der Waals surface area (Å²) in [5.41, 5.74) is 0. The zero-order chi connectivity index (χ0) is 2.71. The molecule has 0 fully saturated rings. The normalized spacial score (nSPS) is 3.00. The maximum atomic E-state index is 2.88. The van der Waals surface area contributed by atoms with Crippen molar-refractivity contribution < 1.29 is 33.7 Å². The third-order valence-corrected chi connectivity index (χ3v) is 0. The van der Waals surface area contributed by atoms with Gasteiger partial charge in [0.25, 0.3) is 0 Å². The molecule has 0 unspecified atom stereocenters. The van der Waals surface area contributed by atoms with Crippen molar-refractivity contribution in [3.8, 4) is 0 Å². The van der Waals surface area contributed by atoms with E-state index >= 15 is 0 Å². The van der Waals surface area contributed by atoms with Crippen LogP contribution in [0.15, 0.2) is 0 Å². The van der Waals surface area contributed by atoms with Crippen LogP contribution in [-0.4, -0.2) is 25.6 Å². The summed E-state index contributed by atoms with van der Waals surface area (Å²) in [4.78, 5) is 0. The van der Waals surface area contributed by atoms with Crippen LogP contribution >= 0.6 is 0 Å². The fourth-order valence-corrected chi connectivity index (χ4v) is 0. The Morgan fingerprint density at radius 3 is 1.25 bits per heavy atom. The van der Waals surface area contributed by atoms with Gasteiger partial charge in [0.1, 0.15) is 0 Å². The van der Waals surface area contributed by atoms with Crippen LogP contribution < -0.4 is 0 Å². The minimum atomic E-state index is 0. The summed E-state index contributed by atoms with van der Waals surface area (Å²) >= 11 is 5.98. The third-order valence-electron chi connectivity index (χ3n) is 0. The van der Waals surface area contributed by atoms with E-state index in [2.05, 4.69) is 25.6 Å². The van der Waals surface area contributed by atoms with Gasteiger partial charge in [0.15, 0.2) is 0 Å². The topological polar surface area (TPSA) is 0 Å². The zero-order valence-electron chi connectivity index (χ0n) is 1.60. The second-order valence-corrected chi connectivity index (χ2v) is 10.9. The predicted octanol–water partition coefficient (Wildman–Crippen LogP) is -0.767. The Balaban J connectivity index is 0. The second kappa shape index (κ2) is 9.04. The molecule has 0 nitrogen and oxygen atoms in total. The molecule has 25 valence electrons. The van der Waals surface area contributed by atoms with Gasteiger partial charge >= 0.3 is 38.9 Å². The average Bonchev–Trinajstić information content (AvgIpc) is 0.918. The zero-order valence-corrected chi connectivity index (χ0v) is 9.75. The van der Waals surface area contributed by atoms with Gasteiger partial charge in [-0.2, -0.15) is 0 Å². The van der Waals surface area contributed by atoms with Crippen molar-refractivity contribution in [1.82, 2.24) is 0 Å². The fourth-order valence-electron chi connectivity index (χ4n) is 0. The van der Waals surface area contributed by atoms with Crippen LogP contribution in [0.5, 0.6) is 0 Å². The Labute approximate surface area is 58.4 Å². The molecule has 0 spiro atoms. The molecule has 0 N–H and O–H groups in total. The first-order valence-corrected chi connectivity index (χ1v) is 10.2.